The summed E-state index contributed by atoms with van der Waals surface area (Å²) in [5, 5.41) is 3.99. The molecule has 1 aromatic rings. The maximum atomic E-state index is 11.0. The van der Waals surface area contributed by atoms with Gasteiger partial charge in [-0.1, -0.05) is 0 Å². The quantitative estimate of drug-likeness (QED) is 0.838. The summed E-state index contributed by atoms with van der Waals surface area (Å²) in [6.07, 6.45) is 0. The molecule has 0 fully saturated rings. The van der Waals surface area contributed by atoms with E-state index in [9.17, 15) is 4.79 Å². The molecule has 0 aliphatic rings. The van der Waals surface area contributed by atoms with Crippen LogP contribution in [0.3, 0.4) is 0 Å². The van der Waals surface area contributed by atoms with Gasteiger partial charge in [0.05, 0.1) is 0 Å². The summed E-state index contributed by atoms with van der Waals surface area (Å²) in [6, 6.07) is -0.279. The second-order valence-electron chi connectivity index (χ2n) is 2.38. The summed E-state index contributed by atoms with van der Waals surface area (Å²) >= 11 is 6.31. The van der Waals surface area contributed by atoms with Crippen molar-refractivity contribution in [1.29, 1.82) is 0 Å². The molecule has 0 aromatic carbocycles. The zero-order chi connectivity index (χ0) is 9.30. The lowest BCUT2D eigenvalue weighted by molar-refractivity contribution is -0.119. The molecule has 0 bridgehead atoms. The van der Waals surface area contributed by atoms with Gasteiger partial charge in [-0.15, -0.1) is 5.10 Å². The summed E-state index contributed by atoms with van der Waals surface area (Å²) in [5.41, 5.74) is 0. The Morgan fingerprint density at radius 1 is 1.58 bits per heavy atom. The van der Waals surface area contributed by atoms with Gasteiger partial charge in [0, 0.05) is 0 Å². The van der Waals surface area contributed by atoms with Gasteiger partial charge in [-0.2, -0.15) is 4.98 Å². The maximum Gasteiger partial charge on any atom is 0.218 e. The Morgan fingerprint density at radius 2 is 2.17 bits per heavy atom. The minimum absolute atomic E-state index is 0.0492. The summed E-state index contributed by atoms with van der Waals surface area (Å²) < 4.78 is 2.55. The van der Waals surface area contributed by atoms with Crippen LogP contribution in [0.1, 0.15) is 19.9 Å². The van der Waals surface area contributed by atoms with Crippen molar-refractivity contribution in [2.75, 3.05) is 0 Å². The van der Waals surface area contributed by atoms with Crippen molar-refractivity contribution in [2.45, 2.75) is 19.9 Å². The molecule has 6 heteroatoms. The number of hydrogen-bond acceptors (Lipinski definition) is 3. The van der Waals surface area contributed by atoms with Crippen molar-refractivity contribution in [3.63, 3.8) is 0 Å². The number of carbonyl (C=O) groups excluding carboxylic acids is 1. The topological polar surface area (TPSA) is 47.8 Å². The van der Waals surface area contributed by atoms with Gasteiger partial charge >= 0.3 is 0 Å². The number of aromatic nitrogens is 3. The Labute approximate surface area is 86.6 Å². The largest absolute Gasteiger partial charge is 0.298 e. The molecule has 0 radical (unpaired) electrons. The van der Waals surface area contributed by atoms with Crippen molar-refractivity contribution in [3.05, 3.63) is 9.47 Å². The van der Waals surface area contributed by atoms with Crippen molar-refractivity contribution in [3.8, 4) is 0 Å². The zero-order valence-corrected chi connectivity index (χ0v) is 9.76. The van der Waals surface area contributed by atoms with Crippen molar-refractivity contribution >= 4 is 37.6 Å². The first-order valence-corrected chi connectivity index (χ1v) is 4.89. The predicted molar refractivity (Wildman–Crippen MR) is 50.8 cm³/mol. The second-order valence-corrected chi connectivity index (χ2v) is 3.80. The standard InChI is InChI=1S/C6H7Br2N3O/c1-3(4(2)12)11-6(8)9-5(7)10-11/h3H,1-2H3/t3-/m0/s1. The average molecular weight is 297 g/mol. The molecule has 0 amide bonds. The molecule has 0 N–H and O–H groups in total. The molecular weight excluding hydrogens is 290 g/mol. The summed E-state index contributed by atoms with van der Waals surface area (Å²) in [6.45, 7) is 3.29. The highest BCUT2D eigenvalue weighted by atomic mass is 79.9. The summed E-state index contributed by atoms with van der Waals surface area (Å²) in [4.78, 5) is 14.9. The zero-order valence-electron chi connectivity index (χ0n) is 6.58. The third kappa shape index (κ3) is 1.92. The van der Waals surface area contributed by atoms with Crippen molar-refractivity contribution < 1.29 is 4.79 Å². The lowest BCUT2D eigenvalue weighted by Gasteiger charge is -2.07. The van der Waals surface area contributed by atoms with Crippen LogP contribution in [-0.4, -0.2) is 20.5 Å². The second kappa shape index (κ2) is 3.66. The SMILES string of the molecule is CC(=O)[C@H](C)n1nc(Br)nc1Br. The molecule has 66 valence electrons. The number of hydrogen-bond donors (Lipinski definition) is 0. The summed E-state index contributed by atoms with van der Waals surface area (Å²) in [5.74, 6) is 0.0492. The van der Waals surface area contributed by atoms with Crippen LogP contribution in [0.25, 0.3) is 0 Å². The number of halogens is 2. The van der Waals surface area contributed by atoms with Crippen LogP contribution in [0.2, 0.25) is 0 Å². The maximum absolute atomic E-state index is 11.0. The molecule has 0 spiro atoms. The number of ketones is 1. The van der Waals surface area contributed by atoms with Gasteiger partial charge in [0.25, 0.3) is 0 Å². The Balaban J connectivity index is 3.02. The van der Waals surface area contributed by atoms with Crippen LogP contribution < -0.4 is 0 Å². The first kappa shape index (κ1) is 9.85. The smallest absolute Gasteiger partial charge is 0.218 e. The molecule has 1 aromatic heterocycles. The molecule has 1 atom stereocenters. The number of nitrogens with zero attached hydrogens (tertiary/aromatic N) is 3. The van der Waals surface area contributed by atoms with Crippen LogP contribution in [-0.2, 0) is 4.79 Å². The molecule has 0 aliphatic carbocycles. The van der Waals surface area contributed by atoms with Crippen molar-refractivity contribution in [1.82, 2.24) is 14.8 Å². The minimum atomic E-state index is -0.279. The fourth-order valence-corrected chi connectivity index (χ4v) is 1.83. The van der Waals surface area contributed by atoms with E-state index in [1.807, 2.05) is 0 Å². The molecule has 0 aliphatic heterocycles. The highest BCUT2D eigenvalue weighted by Gasteiger charge is 2.15. The van der Waals surface area contributed by atoms with E-state index < -0.39 is 0 Å². The molecule has 0 saturated carbocycles. The molecule has 1 heterocycles. The average Bonchev–Trinajstić information content (AvgIpc) is 2.28. The normalized spacial score (nSPS) is 13.0. The van der Waals surface area contributed by atoms with Gasteiger partial charge in [0.2, 0.25) is 4.73 Å². The fourth-order valence-electron chi connectivity index (χ4n) is 0.698. The van der Waals surface area contributed by atoms with Crippen LogP contribution in [0.5, 0.6) is 0 Å². The van der Waals surface area contributed by atoms with E-state index in [0.717, 1.165) is 0 Å². The van der Waals surface area contributed by atoms with E-state index in [1.54, 1.807) is 6.92 Å². The van der Waals surface area contributed by atoms with Gasteiger partial charge in [-0.05, 0) is 45.7 Å². The highest BCUT2D eigenvalue weighted by molar-refractivity contribution is 9.11. The third-order valence-electron chi connectivity index (χ3n) is 1.52. The lowest BCUT2D eigenvalue weighted by Crippen LogP contribution is -2.14. The van der Waals surface area contributed by atoms with Gasteiger partial charge in [0.1, 0.15) is 6.04 Å². The van der Waals surface area contributed by atoms with Gasteiger partial charge in [0.15, 0.2) is 10.5 Å². The van der Waals surface area contributed by atoms with Gasteiger partial charge in [-0.3, -0.25) is 4.79 Å². The molecule has 12 heavy (non-hydrogen) atoms. The van der Waals surface area contributed by atoms with E-state index in [0.29, 0.717) is 9.47 Å². The van der Waals surface area contributed by atoms with Crippen molar-refractivity contribution in [2.24, 2.45) is 0 Å². The first-order valence-electron chi connectivity index (χ1n) is 3.30. The molecule has 4 nitrogen and oxygen atoms in total. The minimum Gasteiger partial charge on any atom is -0.298 e. The molecule has 0 unspecified atom stereocenters. The Bertz CT molecular complexity index is 310. The fraction of sp³-hybridized carbons (Fsp3) is 0.500. The Hall–Kier alpha value is -0.230. The monoisotopic (exact) mass is 295 g/mol. The lowest BCUT2D eigenvalue weighted by atomic mass is 10.2. The van der Waals surface area contributed by atoms with Crippen LogP contribution in [0, 0.1) is 0 Å². The van der Waals surface area contributed by atoms with Crippen LogP contribution >= 0.6 is 31.9 Å². The first-order chi connectivity index (χ1) is 5.52. The molecular formula is C6H7Br2N3O. The van der Waals surface area contributed by atoms with E-state index in [1.165, 1.54) is 11.6 Å². The molecule has 1 rings (SSSR count). The number of rotatable bonds is 2. The van der Waals surface area contributed by atoms with E-state index in [2.05, 4.69) is 41.9 Å². The van der Waals surface area contributed by atoms with E-state index in [4.69, 9.17) is 0 Å². The van der Waals surface area contributed by atoms with Crippen LogP contribution in [0.4, 0.5) is 0 Å². The third-order valence-corrected chi connectivity index (χ3v) is 2.40. The highest BCUT2D eigenvalue weighted by Crippen LogP contribution is 2.16. The predicted octanol–water partition coefficient (Wildman–Crippen LogP) is 1.95. The molecule has 0 saturated heterocycles. The van der Waals surface area contributed by atoms with Crippen LogP contribution in [0.15, 0.2) is 9.47 Å². The number of Topliss-reactive ketones (excluding diaryl/α,β-unsaturated/α-hetero) is 1. The Kier molecular flexibility index (Phi) is 3.00. The Morgan fingerprint density at radius 3 is 2.50 bits per heavy atom. The van der Waals surface area contributed by atoms with Gasteiger partial charge < -0.3 is 0 Å². The summed E-state index contributed by atoms with van der Waals surface area (Å²) in [7, 11) is 0. The number of carbonyl (C=O) groups is 1. The van der Waals surface area contributed by atoms with Gasteiger partial charge in [-0.25, -0.2) is 4.68 Å². The van der Waals surface area contributed by atoms with E-state index >= 15 is 0 Å². The van der Waals surface area contributed by atoms with E-state index in [-0.39, 0.29) is 11.8 Å².